The van der Waals surface area contributed by atoms with Gasteiger partial charge in [-0.05, 0) is 38.9 Å². The van der Waals surface area contributed by atoms with Crippen molar-refractivity contribution in [1.29, 1.82) is 0 Å². The van der Waals surface area contributed by atoms with E-state index in [-0.39, 0.29) is 5.92 Å². The third kappa shape index (κ3) is 2.65. The molecule has 2 heterocycles. The molecule has 2 rings (SSSR count). The average molecular weight is 238 g/mol. The lowest BCUT2D eigenvalue weighted by Gasteiger charge is -2.54. The molecule has 2 saturated heterocycles. The highest BCUT2D eigenvalue weighted by Gasteiger charge is 2.46. The second-order valence-corrected chi connectivity index (χ2v) is 6.19. The Morgan fingerprint density at radius 2 is 1.82 bits per heavy atom. The number of carbonyl (C=O) groups is 1. The van der Waals surface area contributed by atoms with Crippen molar-refractivity contribution in [2.75, 3.05) is 32.7 Å². The van der Waals surface area contributed by atoms with Gasteiger partial charge in [-0.2, -0.15) is 0 Å². The molecule has 0 radical (unpaired) electrons. The summed E-state index contributed by atoms with van der Waals surface area (Å²) >= 11 is 0. The Morgan fingerprint density at radius 1 is 1.24 bits per heavy atom. The number of nitrogens with zero attached hydrogens (tertiary/aromatic N) is 2. The van der Waals surface area contributed by atoms with E-state index in [0.717, 1.165) is 13.1 Å². The van der Waals surface area contributed by atoms with Crippen molar-refractivity contribution in [2.24, 2.45) is 11.3 Å². The Kier molecular flexibility index (Phi) is 3.76. The summed E-state index contributed by atoms with van der Waals surface area (Å²) in [7, 11) is 0. The van der Waals surface area contributed by atoms with E-state index < -0.39 is 0 Å². The summed E-state index contributed by atoms with van der Waals surface area (Å²) < 4.78 is 0. The zero-order valence-corrected chi connectivity index (χ0v) is 11.5. The zero-order valence-electron chi connectivity index (χ0n) is 11.5. The van der Waals surface area contributed by atoms with Gasteiger partial charge in [0.15, 0.2) is 0 Å². The lowest BCUT2D eigenvalue weighted by atomic mass is 9.71. The van der Waals surface area contributed by atoms with E-state index in [1.54, 1.807) is 0 Å². The Bertz CT molecular complexity index is 272. The van der Waals surface area contributed by atoms with E-state index in [1.165, 1.54) is 38.9 Å². The molecule has 0 aromatic carbocycles. The second-order valence-electron chi connectivity index (χ2n) is 6.19. The van der Waals surface area contributed by atoms with Crippen LogP contribution in [0.2, 0.25) is 0 Å². The van der Waals surface area contributed by atoms with Crippen LogP contribution in [0.5, 0.6) is 0 Å². The molecule has 0 aliphatic carbocycles. The van der Waals surface area contributed by atoms with E-state index in [4.69, 9.17) is 0 Å². The van der Waals surface area contributed by atoms with Gasteiger partial charge in [-0.15, -0.1) is 0 Å². The molecular weight excluding hydrogens is 212 g/mol. The lowest BCUT2D eigenvalue weighted by molar-refractivity contribution is -0.150. The highest BCUT2D eigenvalue weighted by atomic mass is 16.2. The zero-order chi connectivity index (χ0) is 12.5. The molecule has 0 atom stereocenters. The number of likely N-dealkylation sites (tertiary alicyclic amines) is 2. The first-order valence-corrected chi connectivity index (χ1v) is 7.07. The quantitative estimate of drug-likeness (QED) is 0.750. The molecule has 0 saturated carbocycles. The van der Waals surface area contributed by atoms with Gasteiger partial charge >= 0.3 is 0 Å². The summed E-state index contributed by atoms with van der Waals surface area (Å²) in [5, 5.41) is 0. The van der Waals surface area contributed by atoms with Crippen molar-refractivity contribution in [1.82, 2.24) is 9.80 Å². The molecule has 0 unspecified atom stereocenters. The van der Waals surface area contributed by atoms with Crippen LogP contribution in [-0.2, 0) is 4.79 Å². The fourth-order valence-corrected chi connectivity index (χ4v) is 3.17. The van der Waals surface area contributed by atoms with Crippen molar-refractivity contribution in [2.45, 2.75) is 40.0 Å². The first-order chi connectivity index (χ1) is 8.06. The Morgan fingerprint density at radius 3 is 2.29 bits per heavy atom. The minimum Gasteiger partial charge on any atom is -0.341 e. The van der Waals surface area contributed by atoms with Crippen LogP contribution < -0.4 is 0 Å². The maximum absolute atomic E-state index is 11.8. The van der Waals surface area contributed by atoms with E-state index in [9.17, 15) is 4.79 Å². The predicted octanol–water partition coefficient (Wildman–Crippen LogP) is 1.98. The van der Waals surface area contributed by atoms with Gasteiger partial charge in [-0.25, -0.2) is 0 Å². The minimum absolute atomic E-state index is 0.160. The fourth-order valence-electron chi connectivity index (χ4n) is 3.17. The van der Waals surface area contributed by atoms with Crippen LogP contribution in [0.25, 0.3) is 0 Å². The summed E-state index contributed by atoms with van der Waals surface area (Å²) in [5.74, 6) is 0.499. The maximum atomic E-state index is 11.8. The van der Waals surface area contributed by atoms with Crippen molar-refractivity contribution in [3.63, 3.8) is 0 Å². The molecule has 2 fully saturated rings. The number of amides is 1. The van der Waals surface area contributed by atoms with Gasteiger partial charge in [0.1, 0.15) is 0 Å². The monoisotopic (exact) mass is 238 g/mol. The molecule has 3 nitrogen and oxygen atoms in total. The van der Waals surface area contributed by atoms with Crippen LogP contribution >= 0.6 is 0 Å². The van der Waals surface area contributed by atoms with Crippen LogP contribution in [0.4, 0.5) is 0 Å². The Labute approximate surface area is 105 Å². The molecule has 0 N–H and O–H groups in total. The van der Waals surface area contributed by atoms with E-state index in [2.05, 4.69) is 16.7 Å². The van der Waals surface area contributed by atoms with Crippen molar-refractivity contribution in [3.05, 3.63) is 0 Å². The first kappa shape index (κ1) is 12.9. The summed E-state index contributed by atoms with van der Waals surface area (Å²) in [5.41, 5.74) is 0.481. The summed E-state index contributed by atoms with van der Waals surface area (Å²) in [6, 6.07) is 0. The summed E-state index contributed by atoms with van der Waals surface area (Å²) in [6.45, 7) is 12.0. The third-order valence-electron chi connectivity index (χ3n) is 4.31. The van der Waals surface area contributed by atoms with Gasteiger partial charge in [0.25, 0.3) is 0 Å². The fraction of sp³-hybridized carbons (Fsp3) is 0.929. The van der Waals surface area contributed by atoms with Crippen molar-refractivity contribution < 1.29 is 4.79 Å². The van der Waals surface area contributed by atoms with Gasteiger partial charge in [-0.3, -0.25) is 4.79 Å². The number of carbonyl (C=O) groups excluding carboxylic acids is 1. The molecule has 0 bridgehead atoms. The second kappa shape index (κ2) is 4.97. The highest BCUT2D eigenvalue weighted by molar-refractivity contribution is 5.79. The molecule has 1 amide bonds. The standard InChI is InChI=1S/C14H26N2O/c1-4-7-15-8-5-14(6-9-15)10-16(11-14)13(17)12(2)3/h12H,4-11H2,1-3H3. The first-order valence-electron chi connectivity index (χ1n) is 7.07. The van der Waals surface area contributed by atoms with Crippen LogP contribution in [-0.4, -0.2) is 48.4 Å². The van der Waals surface area contributed by atoms with E-state index in [0.29, 0.717) is 11.3 Å². The molecule has 3 heteroatoms. The normalized spacial score (nSPS) is 24.1. The van der Waals surface area contributed by atoms with Crippen molar-refractivity contribution >= 4 is 5.91 Å². The van der Waals surface area contributed by atoms with Crippen LogP contribution in [0.15, 0.2) is 0 Å². The summed E-state index contributed by atoms with van der Waals surface area (Å²) in [4.78, 5) is 16.5. The predicted molar refractivity (Wildman–Crippen MR) is 69.8 cm³/mol. The maximum Gasteiger partial charge on any atom is 0.225 e. The average Bonchev–Trinajstić information content (AvgIpc) is 2.26. The van der Waals surface area contributed by atoms with Gasteiger partial charge in [0, 0.05) is 24.4 Å². The SMILES string of the molecule is CCCN1CCC2(CC1)CN(C(=O)C(C)C)C2. The van der Waals surface area contributed by atoms with Crippen LogP contribution in [0, 0.1) is 11.3 Å². The highest BCUT2D eigenvalue weighted by Crippen LogP contribution is 2.40. The number of hydrogen-bond acceptors (Lipinski definition) is 2. The van der Waals surface area contributed by atoms with Gasteiger partial charge in [0.05, 0.1) is 0 Å². The van der Waals surface area contributed by atoms with Gasteiger partial charge in [-0.1, -0.05) is 20.8 Å². The smallest absolute Gasteiger partial charge is 0.225 e. The molecule has 2 aliphatic rings. The lowest BCUT2D eigenvalue weighted by Crippen LogP contribution is -2.62. The molecular formula is C14H26N2O. The number of piperidine rings is 1. The molecule has 2 aliphatic heterocycles. The van der Waals surface area contributed by atoms with Crippen LogP contribution in [0.1, 0.15) is 40.0 Å². The van der Waals surface area contributed by atoms with Crippen LogP contribution in [0.3, 0.4) is 0 Å². The molecule has 17 heavy (non-hydrogen) atoms. The number of hydrogen-bond donors (Lipinski definition) is 0. The molecule has 0 aromatic rings. The largest absolute Gasteiger partial charge is 0.341 e. The topological polar surface area (TPSA) is 23.6 Å². The third-order valence-corrected chi connectivity index (χ3v) is 4.31. The minimum atomic E-state index is 0.160. The van der Waals surface area contributed by atoms with E-state index in [1.807, 2.05) is 13.8 Å². The Balaban J connectivity index is 1.77. The molecule has 98 valence electrons. The van der Waals surface area contributed by atoms with E-state index >= 15 is 0 Å². The van der Waals surface area contributed by atoms with Crippen molar-refractivity contribution in [3.8, 4) is 0 Å². The number of rotatable bonds is 3. The Hall–Kier alpha value is -0.570. The molecule has 1 spiro atoms. The summed E-state index contributed by atoms with van der Waals surface area (Å²) in [6.07, 6.45) is 3.83. The molecule has 0 aromatic heterocycles. The van der Waals surface area contributed by atoms with Gasteiger partial charge in [0.2, 0.25) is 5.91 Å². The van der Waals surface area contributed by atoms with Gasteiger partial charge < -0.3 is 9.80 Å².